The monoisotopic (exact) mass is 681 g/mol. The van der Waals surface area contributed by atoms with Gasteiger partial charge in [-0.25, -0.2) is 9.37 Å². The number of halogens is 6. The highest BCUT2D eigenvalue weighted by atomic mass is 35.5. The van der Waals surface area contributed by atoms with E-state index in [1.54, 1.807) is 10.9 Å². The van der Waals surface area contributed by atoms with Gasteiger partial charge in [0.2, 0.25) is 11.5 Å². The third-order valence-corrected chi connectivity index (χ3v) is 9.16. The Morgan fingerprint density at radius 2 is 1.93 bits per heavy atom. The van der Waals surface area contributed by atoms with Crippen LogP contribution in [-0.4, -0.2) is 58.1 Å². The number of aliphatic hydroxyl groups is 1. The van der Waals surface area contributed by atoms with Gasteiger partial charge in [0.05, 0.1) is 35.4 Å². The van der Waals surface area contributed by atoms with Crippen LogP contribution in [0.1, 0.15) is 47.4 Å². The van der Waals surface area contributed by atoms with Crippen molar-refractivity contribution in [3.63, 3.8) is 0 Å². The van der Waals surface area contributed by atoms with Crippen LogP contribution in [-0.2, 0) is 15.8 Å². The van der Waals surface area contributed by atoms with E-state index in [1.165, 1.54) is 26.2 Å². The third-order valence-electron chi connectivity index (χ3n) is 8.30. The molecule has 3 heterocycles. The first-order chi connectivity index (χ1) is 21.6. The van der Waals surface area contributed by atoms with Crippen LogP contribution in [0.4, 0.5) is 17.6 Å². The fourth-order valence-electron chi connectivity index (χ4n) is 5.27. The standard InChI is InChI=1S/C30H25Cl2F4N5O5/c1-28(27(37)43)12-46-25-17(28)9-20(39-24(25)16-5-6-18(33)22(32)21(16)31)29(44,30(34,35)36)11-38-26(42)13-7-14-10-41(15-3-4-15)40-23(14)19(8-13)45-2/h5-10,15,44H,3-4,11-12H2,1-2H3,(H2,37,43)(H,38,42)/t28-,29-/m0/s1. The average molecular weight is 682 g/mol. The number of nitrogens with one attached hydrogen (secondary N) is 1. The van der Waals surface area contributed by atoms with Crippen molar-refractivity contribution in [2.24, 2.45) is 5.73 Å². The van der Waals surface area contributed by atoms with Crippen molar-refractivity contribution in [1.82, 2.24) is 20.1 Å². The first-order valence-corrected chi connectivity index (χ1v) is 14.6. The second kappa shape index (κ2) is 11.0. The van der Waals surface area contributed by atoms with Crippen LogP contribution in [0.2, 0.25) is 10.0 Å². The van der Waals surface area contributed by atoms with E-state index in [2.05, 4.69) is 15.4 Å². The number of pyridine rings is 1. The first-order valence-electron chi connectivity index (χ1n) is 13.9. The Labute approximate surface area is 268 Å². The molecule has 2 aliphatic rings. The molecular weight excluding hydrogens is 657 g/mol. The summed E-state index contributed by atoms with van der Waals surface area (Å²) in [6.45, 7) is -0.420. The molecule has 6 rings (SSSR count). The minimum absolute atomic E-state index is 0.0470. The molecule has 1 fully saturated rings. The highest BCUT2D eigenvalue weighted by Gasteiger charge is 2.58. The molecule has 4 aromatic rings. The predicted molar refractivity (Wildman–Crippen MR) is 159 cm³/mol. The fraction of sp³-hybridized carbons (Fsp3) is 0.333. The van der Waals surface area contributed by atoms with Gasteiger partial charge in [-0.15, -0.1) is 0 Å². The normalized spacial score (nSPS) is 19.0. The largest absolute Gasteiger partial charge is 0.494 e. The molecule has 46 heavy (non-hydrogen) atoms. The number of nitrogens with zero attached hydrogens (tertiary/aromatic N) is 3. The number of benzene rings is 2. The number of rotatable bonds is 8. The number of nitrogens with two attached hydrogens (primary N) is 1. The van der Waals surface area contributed by atoms with Crippen LogP contribution >= 0.6 is 23.2 Å². The quantitative estimate of drug-likeness (QED) is 0.171. The number of alkyl halides is 3. The maximum absolute atomic E-state index is 14.8. The molecule has 0 bridgehead atoms. The van der Waals surface area contributed by atoms with Crippen LogP contribution in [0.3, 0.4) is 0 Å². The smallest absolute Gasteiger partial charge is 0.424 e. The van der Waals surface area contributed by atoms with Gasteiger partial charge in [0.1, 0.15) is 40.5 Å². The molecule has 4 N–H and O–H groups in total. The van der Waals surface area contributed by atoms with Crippen molar-refractivity contribution >= 4 is 45.9 Å². The SMILES string of the molecule is COc1cc(C(=O)NC[C@](O)(c2cc3c(c(-c4ccc(F)c(Cl)c4Cl)n2)OC[C@]3(C)C(N)=O)C(F)(F)F)cc2cn(C3CC3)nc12. The molecule has 1 aliphatic heterocycles. The van der Waals surface area contributed by atoms with Gasteiger partial charge < -0.3 is 25.6 Å². The van der Waals surface area contributed by atoms with Gasteiger partial charge >= 0.3 is 6.18 Å². The zero-order valence-corrected chi connectivity index (χ0v) is 25.6. The molecule has 2 aromatic carbocycles. The van der Waals surface area contributed by atoms with Gasteiger partial charge in [-0.2, -0.15) is 18.3 Å². The summed E-state index contributed by atoms with van der Waals surface area (Å²) in [5, 5.41) is 17.6. The summed E-state index contributed by atoms with van der Waals surface area (Å²) < 4.78 is 71.3. The maximum Gasteiger partial charge on any atom is 0.424 e. The molecule has 16 heteroatoms. The third kappa shape index (κ3) is 5.08. The summed E-state index contributed by atoms with van der Waals surface area (Å²) in [4.78, 5) is 29.8. The van der Waals surface area contributed by atoms with Crippen LogP contribution < -0.4 is 20.5 Å². The highest BCUT2D eigenvalue weighted by molar-refractivity contribution is 6.43. The molecule has 0 radical (unpaired) electrons. The first kappa shape index (κ1) is 31.8. The lowest BCUT2D eigenvalue weighted by molar-refractivity contribution is -0.265. The number of carbonyl (C=O) groups excluding carboxylic acids is 2. The van der Waals surface area contributed by atoms with E-state index in [0.717, 1.165) is 31.0 Å². The Morgan fingerprint density at radius 3 is 2.57 bits per heavy atom. The van der Waals surface area contributed by atoms with Crippen molar-refractivity contribution in [1.29, 1.82) is 0 Å². The summed E-state index contributed by atoms with van der Waals surface area (Å²) >= 11 is 12.2. The van der Waals surface area contributed by atoms with E-state index in [0.29, 0.717) is 10.9 Å². The Bertz CT molecular complexity index is 1930. The number of hydrogen-bond acceptors (Lipinski definition) is 7. The number of aromatic nitrogens is 3. The Morgan fingerprint density at radius 1 is 1.22 bits per heavy atom. The van der Waals surface area contributed by atoms with Gasteiger partial charge in [-0.1, -0.05) is 23.2 Å². The zero-order valence-electron chi connectivity index (χ0n) is 24.1. The van der Waals surface area contributed by atoms with Gasteiger partial charge in [-0.05, 0) is 50.1 Å². The minimum Gasteiger partial charge on any atom is -0.494 e. The molecule has 242 valence electrons. The number of fused-ring (bicyclic) bond motifs is 2. The number of hydrogen-bond donors (Lipinski definition) is 3. The fourth-order valence-corrected chi connectivity index (χ4v) is 5.68. The second-order valence-electron chi connectivity index (χ2n) is 11.4. The molecule has 0 unspecified atom stereocenters. The highest BCUT2D eigenvalue weighted by Crippen LogP contribution is 2.49. The molecule has 2 amide bonds. The van der Waals surface area contributed by atoms with E-state index in [1.807, 2.05) is 0 Å². The van der Waals surface area contributed by atoms with E-state index >= 15 is 0 Å². The van der Waals surface area contributed by atoms with Crippen molar-refractivity contribution in [3.8, 4) is 22.8 Å². The summed E-state index contributed by atoms with van der Waals surface area (Å²) in [5.41, 5.74) is -1.06. The number of methoxy groups -OCH3 is 1. The van der Waals surface area contributed by atoms with Gasteiger partial charge in [-0.3, -0.25) is 14.3 Å². The summed E-state index contributed by atoms with van der Waals surface area (Å²) in [6, 6.07) is 5.88. The van der Waals surface area contributed by atoms with E-state index in [9.17, 15) is 32.3 Å². The van der Waals surface area contributed by atoms with Crippen LogP contribution in [0.15, 0.2) is 36.5 Å². The van der Waals surface area contributed by atoms with E-state index < -0.39 is 57.1 Å². The molecular formula is C30H25Cl2F4N5O5. The second-order valence-corrected chi connectivity index (χ2v) is 12.2. The van der Waals surface area contributed by atoms with E-state index in [4.69, 9.17) is 38.4 Å². The van der Waals surface area contributed by atoms with Crippen molar-refractivity contribution in [2.45, 2.75) is 43.0 Å². The van der Waals surface area contributed by atoms with Gasteiger partial charge in [0.25, 0.3) is 5.91 Å². The lowest BCUT2D eigenvalue weighted by Crippen LogP contribution is -2.51. The van der Waals surface area contributed by atoms with Gasteiger partial charge in [0.15, 0.2) is 0 Å². The molecule has 10 nitrogen and oxygen atoms in total. The van der Waals surface area contributed by atoms with Crippen LogP contribution in [0, 0.1) is 5.82 Å². The zero-order chi connectivity index (χ0) is 33.3. The topological polar surface area (TPSA) is 142 Å². The average Bonchev–Trinajstić information content (AvgIpc) is 3.68. The Balaban J connectivity index is 1.43. The lowest BCUT2D eigenvalue weighted by atomic mass is 9.81. The number of carbonyl (C=O) groups is 2. The summed E-state index contributed by atoms with van der Waals surface area (Å²) in [7, 11) is 1.37. The molecule has 2 aromatic heterocycles. The van der Waals surface area contributed by atoms with E-state index in [-0.39, 0.29) is 46.5 Å². The Kier molecular flexibility index (Phi) is 7.60. The molecule has 1 aliphatic carbocycles. The number of primary amides is 1. The van der Waals surface area contributed by atoms with Gasteiger partial charge in [0, 0.05) is 28.3 Å². The lowest BCUT2D eigenvalue weighted by Gasteiger charge is -2.31. The van der Waals surface area contributed by atoms with Crippen molar-refractivity contribution in [2.75, 3.05) is 20.3 Å². The summed E-state index contributed by atoms with van der Waals surface area (Å²) in [5.74, 6) is -2.72. The number of amides is 2. The predicted octanol–water partition coefficient (Wildman–Crippen LogP) is 5.20. The molecule has 0 spiro atoms. The van der Waals surface area contributed by atoms with Crippen molar-refractivity contribution < 1.29 is 41.7 Å². The molecule has 0 saturated heterocycles. The number of ether oxygens (including phenoxy) is 2. The van der Waals surface area contributed by atoms with Crippen LogP contribution in [0.25, 0.3) is 22.2 Å². The minimum atomic E-state index is -5.42. The van der Waals surface area contributed by atoms with Crippen molar-refractivity contribution in [3.05, 3.63) is 69.2 Å². The molecule has 1 saturated carbocycles. The maximum atomic E-state index is 14.8. The Hall–Kier alpha value is -4.14. The van der Waals surface area contributed by atoms with Crippen LogP contribution in [0.5, 0.6) is 11.5 Å². The summed E-state index contributed by atoms with van der Waals surface area (Å²) in [6.07, 6.45) is -1.80. The molecule has 2 atom stereocenters.